The highest BCUT2D eigenvalue weighted by molar-refractivity contribution is 5.99. The van der Waals surface area contributed by atoms with Crippen molar-refractivity contribution in [2.75, 3.05) is 20.1 Å². The third kappa shape index (κ3) is 2.08. The predicted octanol–water partition coefficient (Wildman–Crippen LogP) is 0.472. The molecule has 1 saturated heterocycles. The average molecular weight is 259 g/mol. The molecule has 0 spiro atoms. The molecule has 100 valence electrons. The smallest absolute Gasteiger partial charge is 0.259 e. The molecule has 0 aromatic carbocycles. The fourth-order valence-electron chi connectivity index (χ4n) is 2.44. The van der Waals surface area contributed by atoms with Crippen molar-refractivity contribution < 1.29 is 4.79 Å². The fourth-order valence-corrected chi connectivity index (χ4v) is 2.44. The lowest BCUT2D eigenvalue weighted by Crippen LogP contribution is -2.38. The number of amides is 1. The van der Waals surface area contributed by atoms with Gasteiger partial charge in [-0.1, -0.05) is 0 Å². The van der Waals surface area contributed by atoms with Gasteiger partial charge in [-0.2, -0.15) is 5.10 Å². The summed E-state index contributed by atoms with van der Waals surface area (Å²) in [6, 6.07) is 2.13. The molecule has 1 aliphatic rings. The third-order valence-corrected chi connectivity index (χ3v) is 3.64. The first kappa shape index (κ1) is 12.1. The minimum absolute atomic E-state index is 0.0122. The number of rotatable bonds is 2. The first-order valence-electron chi connectivity index (χ1n) is 6.45. The van der Waals surface area contributed by atoms with Gasteiger partial charge >= 0.3 is 0 Å². The van der Waals surface area contributed by atoms with Gasteiger partial charge in [0.25, 0.3) is 5.91 Å². The van der Waals surface area contributed by atoms with E-state index in [4.69, 9.17) is 0 Å². The average Bonchev–Trinajstić information content (AvgIpc) is 3.05. The topological polar surface area (TPSA) is 62.5 Å². The lowest BCUT2D eigenvalue weighted by Gasteiger charge is -2.23. The summed E-state index contributed by atoms with van der Waals surface area (Å²) in [4.78, 5) is 18.7. The molecular weight excluding hydrogens is 242 g/mol. The summed E-state index contributed by atoms with van der Waals surface area (Å²) in [6.45, 7) is 3.73. The molecule has 2 aromatic heterocycles. The van der Waals surface area contributed by atoms with Crippen LogP contribution in [-0.4, -0.2) is 51.6 Å². The van der Waals surface area contributed by atoms with E-state index in [1.165, 1.54) is 0 Å². The molecule has 1 unspecified atom stereocenters. The predicted molar refractivity (Wildman–Crippen MR) is 71.1 cm³/mol. The van der Waals surface area contributed by atoms with Gasteiger partial charge in [0.05, 0.1) is 6.20 Å². The van der Waals surface area contributed by atoms with Gasteiger partial charge in [0.1, 0.15) is 5.56 Å². The largest absolute Gasteiger partial charge is 0.337 e. The normalized spacial score (nSPS) is 18.9. The first-order chi connectivity index (χ1) is 9.16. The zero-order valence-electron chi connectivity index (χ0n) is 11.1. The molecule has 0 aliphatic carbocycles. The van der Waals surface area contributed by atoms with Crippen molar-refractivity contribution in [1.29, 1.82) is 0 Å². The van der Waals surface area contributed by atoms with E-state index in [0.717, 1.165) is 25.2 Å². The molecule has 1 fully saturated rings. The van der Waals surface area contributed by atoms with Gasteiger partial charge in [0.15, 0.2) is 5.65 Å². The van der Waals surface area contributed by atoms with Gasteiger partial charge in [0.2, 0.25) is 0 Å². The maximum absolute atomic E-state index is 12.5. The van der Waals surface area contributed by atoms with Crippen LogP contribution in [-0.2, 0) is 0 Å². The molecular formula is C13H17N5O. The molecule has 6 nitrogen and oxygen atoms in total. The second kappa shape index (κ2) is 4.62. The van der Waals surface area contributed by atoms with Crippen molar-refractivity contribution in [2.24, 2.45) is 0 Å². The van der Waals surface area contributed by atoms with Crippen LogP contribution < -0.4 is 5.32 Å². The van der Waals surface area contributed by atoms with Crippen molar-refractivity contribution >= 4 is 11.6 Å². The molecule has 2 aromatic rings. The summed E-state index contributed by atoms with van der Waals surface area (Å²) in [5.41, 5.74) is 2.08. The van der Waals surface area contributed by atoms with E-state index in [1.807, 2.05) is 26.2 Å². The van der Waals surface area contributed by atoms with E-state index in [0.29, 0.717) is 11.2 Å². The van der Waals surface area contributed by atoms with Gasteiger partial charge < -0.3 is 10.2 Å². The van der Waals surface area contributed by atoms with E-state index in [2.05, 4.69) is 15.4 Å². The number of aromatic nitrogens is 3. The Balaban J connectivity index is 1.94. The van der Waals surface area contributed by atoms with Crippen LogP contribution in [0.2, 0.25) is 0 Å². The minimum Gasteiger partial charge on any atom is -0.337 e. The highest BCUT2D eigenvalue weighted by atomic mass is 16.2. The van der Waals surface area contributed by atoms with Gasteiger partial charge in [-0.25, -0.2) is 9.50 Å². The molecule has 0 saturated carbocycles. The Kier molecular flexibility index (Phi) is 2.94. The molecule has 0 bridgehead atoms. The van der Waals surface area contributed by atoms with Gasteiger partial charge in [-0.05, 0) is 26.0 Å². The quantitative estimate of drug-likeness (QED) is 0.851. The zero-order valence-corrected chi connectivity index (χ0v) is 11.1. The number of hydrogen-bond acceptors (Lipinski definition) is 4. The Morgan fingerprint density at radius 3 is 3.16 bits per heavy atom. The Labute approximate surface area is 111 Å². The van der Waals surface area contributed by atoms with Crippen LogP contribution >= 0.6 is 0 Å². The van der Waals surface area contributed by atoms with Crippen LogP contribution in [0.4, 0.5) is 0 Å². The summed E-state index contributed by atoms with van der Waals surface area (Å²) in [5.74, 6) is -0.0122. The molecule has 0 radical (unpaired) electrons. The second-order valence-corrected chi connectivity index (χ2v) is 4.96. The molecule has 6 heteroatoms. The molecule has 19 heavy (non-hydrogen) atoms. The van der Waals surface area contributed by atoms with Crippen LogP contribution in [0.15, 0.2) is 18.5 Å². The first-order valence-corrected chi connectivity index (χ1v) is 6.45. The third-order valence-electron chi connectivity index (χ3n) is 3.64. The Morgan fingerprint density at radius 2 is 2.42 bits per heavy atom. The summed E-state index contributed by atoms with van der Waals surface area (Å²) in [5, 5.41) is 7.45. The summed E-state index contributed by atoms with van der Waals surface area (Å²) in [7, 11) is 1.85. The summed E-state index contributed by atoms with van der Waals surface area (Å²) in [6.07, 6.45) is 4.42. The maximum atomic E-state index is 12.5. The van der Waals surface area contributed by atoms with E-state index in [1.54, 1.807) is 15.6 Å². The molecule has 1 N–H and O–H groups in total. The molecule has 3 rings (SSSR count). The lowest BCUT2D eigenvalue weighted by atomic mass is 10.2. The Bertz CT molecular complexity index is 615. The number of nitrogens with one attached hydrogen (secondary N) is 1. The molecule has 1 amide bonds. The lowest BCUT2D eigenvalue weighted by molar-refractivity contribution is 0.0745. The van der Waals surface area contributed by atoms with Crippen LogP contribution in [0.1, 0.15) is 22.5 Å². The zero-order chi connectivity index (χ0) is 13.4. The van der Waals surface area contributed by atoms with E-state index >= 15 is 0 Å². The van der Waals surface area contributed by atoms with E-state index in [-0.39, 0.29) is 11.9 Å². The fraction of sp³-hybridized carbons (Fsp3) is 0.462. The van der Waals surface area contributed by atoms with Crippen LogP contribution in [0.25, 0.3) is 5.65 Å². The number of likely N-dealkylation sites (N-methyl/N-ethyl adjacent to an activating group) is 1. The molecule has 1 atom stereocenters. The van der Waals surface area contributed by atoms with E-state index in [9.17, 15) is 4.79 Å². The summed E-state index contributed by atoms with van der Waals surface area (Å²) < 4.78 is 1.64. The maximum Gasteiger partial charge on any atom is 0.259 e. The highest BCUT2D eigenvalue weighted by Crippen LogP contribution is 2.15. The van der Waals surface area contributed by atoms with Crippen molar-refractivity contribution in [3.8, 4) is 0 Å². The SMILES string of the molecule is Cc1ccn2ncc(C(=O)N(C)C3CCNC3)c2n1. The summed E-state index contributed by atoms with van der Waals surface area (Å²) >= 11 is 0. The van der Waals surface area contributed by atoms with Crippen molar-refractivity contribution in [1.82, 2.24) is 24.8 Å². The number of fused-ring (bicyclic) bond motifs is 1. The van der Waals surface area contributed by atoms with Crippen molar-refractivity contribution in [2.45, 2.75) is 19.4 Å². The Morgan fingerprint density at radius 1 is 1.58 bits per heavy atom. The Hall–Kier alpha value is -1.95. The monoisotopic (exact) mass is 259 g/mol. The molecule has 3 heterocycles. The van der Waals surface area contributed by atoms with E-state index < -0.39 is 0 Å². The van der Waals surface area contributed by atoms with Crippen molar-refractivity contribution in [3.63, 3.8) is 0 Å². The molecule has 1 aliphatic heterocycles. The number of nitrogens with zero attached hydrogens (tertiary/aromatic N) is 4. The van der Waals surface area contributed by atoms with Crippen LogP contribution in [0, 0.1) is 6.92 Å². The van der Waals surface area contributed by atoms with Crippen molar-refractivity contribution in [3.05, 3.63) is 29.7 Å². The minimum atomic E-state index is -0.0122. The number of carbonyl (C=O) groups excluding carboxylic acids is 1. The van der Waals surface area contributed by atoms with Gasteiger partial charge in [-0.3, -0.25) is 4.79 Å². The number of aryl methyl sites for hydroxylation is 1. The number of hydrogen-bond donors (Lipinski definition) is 1. The highest BCUT2D eigenvalue weighted by Gasteiger charge is 2.26. The van der Waals surface area contributed by atoms with Gasteiger partial charge in [-0.15, -0.1) is 0 Å². The van der Waals surface area contributed by atoms with Crippen LogP contribution in [0.5, 0.6) is 0 Å². The standard InChI is InChI=1S/C13H17N5O/c1-9-4-6-18-12(16-9)11(8-15-18)13(19)17(2)10-3-5-14-7-10/h4,6,8,10,14H,3,5,7H2,1-2H3. The number of carbonyl (C=O) groups is 1. The second-order valence-electron chi connectivity index (χ2n) is 4.96. The van der Waals surface area contributed by atoms with Crippen LogP contribution in [0.3, 0.4) is 0 Å². The van der Waals surface area contributed by atoms with Gasteiger partial charge in [0, 0.05) is 31.5 Å².